The average Bonchev–Trinajstić information content (AvgIpc) is 2.08. The zero-order chi connectivity index (χ0) is 10.7. The zero-order valence-electron chi connectivity index (χ0n) is 9.04. The van der Waals surface area contributed by atoms with Crippen LogP contribution in [0.5, 0.6) is 0 Å². The third kappa shape index (κ3) is 15.1. The number of carbonyl (C=O) groups excluding carboxylic acids is 1. The van der Waals surface area contributed by atoms with Gasteiger partial charge in [0.25, 0.3) is 0 Å². The molecule has 0 N–H and O–H groups in total. The monoisotopic (exact) mass is 223 g/mol. The first-order valence-electron chi connectivity index (χ1n) is 4.70. The van der Waals surface area contributed by atoms with Crippen LogP contribution in [0, 0.1) is 0 Å². The molecule has 0 aliphatic rings. The summed E-state index contributed by atoms with van der Waals surface area (Å²) in [6.07, 6.45) is 0. The molecule has 0 rings (SSSR count). The van der Waals surface area contributed by atoms with Gasteiger partial charge in [0, 0.05) is 0 Å². The lowest BCUT2D eigenvalue weighted by Gasteiger charge is -2.13. The van der Waals surface area contributed by atoms with E-state index in [-0.39, 0.29) is 4.45 Å². The van der Waals surface area contributed by atoms with Crippen LogP contribution in [-0.4, -0.2) is 34.7 Å². The molecule has 0 saturated heterocycles. The van der Waals surface area contributed by atoms with Gasteiger partial charge in [-0.25, -0.2) is 0 Å². The van der Waals surface area contributed by atoms with Crippen LogP contribution in [0.3, 0.4) is 0 Å². The van der Waals surface area contributed by atoms with E-state index in [1.165, 1.54) is 31.4 Å². The highest BCUT2D eigenvalue weighted by atomic mass is 32.2. The third-order valence-corrected chi connectivity index (χ3v) is 2.53. The van der Waals surface area contributed by atoms with Crippen LogP contribution in [0.15, 0.2) is 0 Å². The van der Waals surface area contributed by atoms with E-state index in [9.17, 15) is 4.79 Å². The fourth-order valence-corrected chi connectivity index (χ4v) is 1.43. The van der Waals surface area contributed by atoms with E-state index in [4.69, 9.17) is 0 Å². The zero-order valence-corrected chi connectivity index (χ0v) is 10.8. The van der Waals surface area contributed by atoms with E-state index >= 15 is 0 Å². The maximum atomic E-state index is 9.87. The summed E-state index contributed by atoms with van der Waals surface area (Å²) in [5.41, 5.74) is 0. The molecule has 80 valence electrons. The second-order valence-electron chi connectivity index (χ2n) is 2.32. The Morgan fingerprint density at radius 3 is 1.54 bits per heavy atom. The van der Waals surface area contributed by atoms with Crippen molar-refractivity contribution in [2.45, 2.75) is 27.7 Å². The molecule has 2 nitrogen and oxygen atoms in total. The summed E-state index contributed by atoms with van der Waals surface area (Å²) in [5.74, 6) is 0.822. The minimum atomic E-state index is -0.0995. The van der Waals surface area contributed by atoms with Gasteiger partial charge in [-0.05, 0) is 25.4 Å². The Hall–Kier alpha value is 0.330. The van der Waals surface area contributed by atoms with E-state index in [0.29, 0.717) is 0 Å². The number of hydrogen-bond acceptors (Lipinski definition) is 3. The maximum Gasteiger partial charge on any atom is 0.242 e. The molecule has 4 heteroatoms. The van der Waals surface area contributed by atoms with Crippen molar-refractivity contribution in [2.24, 2.45) is 0 Å². The molecule has 0 unspecified atom stereocenters. The van der Waals surface area contributed by atoms with Gasteiger partial charge in [-0.2, -0.15) is 0 Å². The van der Waals surface area contributed by atoms with Gasteiger partial charge < -0.3 is 4.90 Å². The summed E-state index contributed by atoms with van der Waals surface area (Å²) in [4.78, 5) is 12.2. The lowest BCUT2D eigenvalue weighted by molar-refractivity contribution is 0.277. The van der Waals surface area contributed by atoms with Crippen LogP contribution < -0.4 is 0 Å². The molecule has 0 bridgehead atoms. The van der Waals surface area contributed by atoms with Crippen molar-refractivity contribution >= 4 is 28.8 Å². The van der Waals surface area contributed by atoms with Crippen molar-refractivity contribution in [3.05, 3.63) is 0 Å². The van der Waals surface area contributed by atoms with Crippen LogP contribution in [-0.2, 0) is 0 Å². The molecule has 0 aromatic rings. The van der Waals surface area contributed by atoms with E-state index < -0.39 is 0 Å². The first-order valence-corrected chi connectivity index (χ1v) is 6.13. The number of hydrogen-bond donors (Lipinski definition) is 1. The minimum Gasteiger partial charge on any atom is -0.304 e. The lowest BCUT2D eigenvalue weighted by atomic mass is 10.5. The third-order valence-electron chi connectivity index (χ3n) is 1.61. The van der Waals surface area contributed by atoms with E-state index in [1.54, 1.807) is 0 Å². The van der Waals surface area contributed by atoms with Gasteiger partial charge in [0.2, 0.25) is 4.45 Å². The predicted octanol–water partition coefficient (Wildman–Crippen LogP) is 3.14. The Kier molecular flexibility index (Phi) is 15.0. The molecule has 0 atom stereocenters. The summed E-state index contributed by atoms with van der Waals surface area (Å²) in [7, 11) is 0. The number of nitrogens with zero attached hydrogens (tertiary/aromatic N) is 1. The summed E-state index contributed by atoms with van der Waals surface area (Å²) in [6, 6.07) is 0. The molecule has 0 aliphatic carbocycles. The van der Waals surface area contributed by atoms with Crippen molar-refractivity contribution in [2.75, 3.05) is 25.4 Å². The second kappa shape index (κ2) is 12.3. The Bertz CT molecular complexity index is 111. The molecule has 0 aromatic heterocycles. The Morgan fingerprint density at radius 2 is 1.54 bits per heavy atom. The first-order chi connectivity index (χ1) is 6.12. The SMILES string of the molecule is CCN(CC)CC.CCSC(=O)S. The summed E-state index contributed by atoms with van der Waals surface area (Å²) in [5, 5.41) is 0. The normalized spacial score (nSPS) is 9.38. The van der Waals surface area contributed by atoms with Crippen molar-refractivity contribution in [3.63, 3.8) is 0 Å². The first kappa shape index (κ1) is 15.8. The lowest BCUT2D eigenvalue weighted by Crippen LogP contribution is -2.21. The fourth-order valence-electron chi connectivity index (χ4n) is 0.794. The molecule has 0 heterocycles. The van der Waals surface area contributed by atoms with Crippen LogP contribution in [0.4, 0.5) is 4.79 Å². The number of carbonyl (C=O) groups is 1. The van der Waals surface area contributed by atoms with Gasteiger partial charge in [0.1, 0.15) is 0 Å². The van der Waals surface area contributed by atoms with Crippen LogP contribution >= 0.6 is 24.4 Å². The maximum absolute atomic E-state index is 9.87. The standard InChI is InChI=1S/C6H15N.C3H6OS2/c1-4-7(5-2)6-3;1-2-6-3(4)5/h4-6H2,1-3H3;2H2,1H3,(H,4,5). The predicted molar refractivity (Wildman–Crippen MR) is 66.0 cm³/mol. The average molecular weight is 223 g/mol. The van der Waals surface area contributed by atoms with Gasteiger partial charge in [0.15, 0.2) is 0 Å². The molecule has 0 aliphatic heterocycles. The number of thiol groups is 1. The highest BCUT2D eigenvalue weighted by Crippen LogP contribution is 2.03. The molecule has 0 radical (unpaired) electrons. The highest BCUT2D eigenvalue weighted by Gasteiger charge is 1.89. The molecular formula is C9H21NOS2. The topological polar surface area (TPSA) is 20.3 Å². The Balaban J connectivity index is 0. The van der Waals surface area contributed by atoms with Gasteiger partial charge in [-0.15, -0.1) is 0 Å². The van der Waals surface area contributed by atoms with Crippen LogP contribution in [0.1, 0.15) is 27.7 Å². The van der Waals surface area contributed by atoms with Crippen LogP contribution in [0.25, 0.3) is 0 Å². The summed E-state index contributed by atoms with van der Waals surface area (Å²) >= 11 is 4.71. The van der Waals surface area contributed by atoms with Gasteiger partial charge in [0.05, 0.1) is 0 Å². The van der Waals surface area contributed by atoms with E-state index in [0.717, 1.165) is 5.75 Å². The Labute approximate surface area is 91.9 Å². The Morgan fingerprint density at radius 1 is 1.15 bits per heavy atom. The van der Waals surface area contributed by atoms with Crippen molar-refractivity contribution < 1.29 is 4.79 Å². The van der Waals surface area contributed by atoms with Crippen LogP contribution in [0.2, 0.25) is 0 Å². The summed E-state index contributed by atoms with van der Waals surface area (Å²) < 4.78 is -0.0995. The molecular weight excluding hydrogens is 202 g/mol. The fraction of sp³-hybridized carbons (Fsp3) is 0.889. The molecule has 0 saturated carbocycles. The summed E-state index contributed by atoms with van der Waals surface area (Å²) in [6.45, 7) is 12.0. The highest BCUT2D eigenvalue weighted by molar-refractivity contribution is 8.32. The van der Waals surface area contributed by atoms with Gasteiger partial charge in [-0.3, -0.25) is 4.79 Å². The van der Waals surface area contributed by atoms with Crippen molar-refractivity contribution in [1.29, 1.82) is 0 Å². The molecule has 0 amide bonds. The largest absolute Gasteiger partial charge is 0.304 e. The van der Waals surface area contributed by atoms with Gasteiger partial charge in [-0.1, -0.05) is 52.1 Å². The van der Waals surface area contributed by atoms with E-state index in [1.807, 2.05) is 6.92 Å². The van der Waals surface area contributed by atoms with E-state index in [2.05, 4.69) is 38.3 Å². The molecule has 0 aromatic carbocycles. The van der Waals surface area contributed by atoms with Crippen molar-refractivity contribution in [3.8, 4) is 0 Å². The van der Waals surface area contributed by atoms with Gasteiger partial charge >= 0.3 is 0 Å². The number of thioether (sulfide) groups is 1. The minimum absolute atomic E-state index is 0.0995. The smallest absolute Gasteiger partial charge is 0.242 e. The second-order valence-corrected chi connectivity index (χ2v) is 4.26. The molecule has 13 heavy (non-hydrogen) atoms. The quantitative estimate of drug-likeness (QED) is 0.740. The molecule has 0 spiro atoms. The number of rotatable bonds is 4. The molecule has 0 fully saturated rings. The van der Waals surface area contributed by atoms with Crippen molar-refractivity contribution in [1.82, 2.24) is 4.90 Å².